The molecule has 0 aliphatic carbocycles. The van der Waals surface area contributed by atoms with Gasteiger partial charge in [0.15, 0.2) is 0 Å². The van der Waals surface area contributed by atoms with Crippen LogP contribution in [0, 0.1) is 0 Å². The summed E-state index contributed by atoms with van der Waals surface area (Å²) in [5.74, 6) is -0.339. The van der Waals surface area contributed by atoms with Crippen molar-refractivity contribution < 1.29 is 13.2 Å². The van der Waals surface area contributed by atoms with Gasteiger partial charge in [0.1, 0.15) is 0 Å². The molecule has 1 amide bonds. The zero-order valence-corrected chi connectivity index (χ0v) is 15.8. The first-order chi connectivity index (χ1) is 12.3. The van der Waals surface area contributed by atoms with Crippen LogP contribution in [0.1, 0.15) is 40.9 Å². The second-order valence-corrected chi connectivity index (χ2v) is 8.14. The lowest BCUT2D eigenvalue weighted by atomic mass is 10.1. The Morgan fingerprint density at radius 1 is 1.04 bits per heavy atom. The highest BCUT2D eigenvalue weighted by atomic mass is 32.2. The summed E-state index contributed by atoms with van der Waals surface area (Å²) in [6, 6.07) is 14.1. The maximum absolute atomic E-state index is 12.3. The van der Waals surface area contributed by atoms with Crippen molar-refractivity contribution in [2.75, 3.05) is 0 Å². The molecule has 0 saturated carbocycles. The van der Waals surface area contributed by atoms with Gasteiger partial charge >= 0.3 is 0 Å². The largest absolute Gasteiger partial charge is 0.348 e. The predicted molar refractivity (Wildman–Crippen MR) is 103 cm³/mol. The van der Waals surface area contributed by atoms with Crippen LogP contribution in [0.15, 0.2) is 48.5 Å². The minimum Gasteiger partial charge on any atom is -0.348 e. The summed E-state index contributed by atoms with van der Waals surface area (Å²) in [6.07, 6.45) is 0. The summed E-state index contributed by atoms with van der Waals surface area (Å²) in [6.45, 7) is 4.23. The average Bonchev–Trinajstić information content (AvgIpc) is 2.59. The normalized spacial score (nSPS) is 11.5. The van der Waals surface area contributed by atoms with Crippen molar-refractivity contribution in [3.05, 3.63) is 70.8 Å². The molecule has 0 fully saturated rings. The van der Waals surface area contributed by atoms with Crippen molar-refractivity contribution in [3.63, 3.8) is 0 Å². The Labute approximate surface area is 154 Å². The number of nitrogens with two attached hydrogens (primary N) is 1. The Kier molecular flexibility index (Phi) is 6.90. The molecule has 26 heavy (non-hydrogen) atoms. The number of hydrogen-bond donors (Lipinski definition) is 3. The molecule has 140 valence electrons. The first-order valence-electron chi connectivity index (χ1n) is 8.44. The standard InChI is InChI=1S/C19H25N3O3S/c1-14(2)22-26(24,25)13-18-6-4-3-5-17(18)12-21-19(23)16-9-7-15(11-20)8-10-16/h3-10,14,22H,11-13,20H2,1-2H3,(H,21,23). The molecule has 4 N–H and O–H groups in total. The molecule has 0 atom stereocenters. The maximum Gasteiger partial charge on any atom is 0.251 e. The van der Waals surface area contributed by atoms with Crippen LogP contribution in [0.25, 0.3) is 0 Å². The van der Waals surface area contributed by atoms with E-state index in [0.717, 1.165) is 11.1 Å². The van der Waals surface area contributed by atoms with E-state index in [2.05, 4.69) is 10.0 Å². The third kappa shape index (κ3) is 5.94. The minimum absolute atomic E-state index is 0.123. The van der Waals surface area contributed by atoms with Gasteiger partial charge in [-0.05, 0) is 42.7 Å². The first-order valence-corrected chi connectivity index (χ1v) is 10.1. The van der Waals surface area contributed by atoms with E-state index in [1.807, 2.05) is 24.3 Å². The molecule has 0 aliphatic heterocycles. The van der Waals surface area contributed by atoms with Gasteiger partial charge in [0.05, 0.1) is 5.75 Å². The zero-order valence-electron chi connectivity index (χ0n) is 15.0. The molecule has 2 rings (SSSR count). The number of hydrogen-bond acceptors (Lipinski definition) is 4. The molecule has 0 heterocycles. The fraction of sp³-hybridized carbons (Fsp3) is 0.316. The lowest BCUT2D eigenvalue weighted by molar-refractivity contribution is 0.0951. The number of benzene rings is 2. The van der Waals surface area contributed by atoms with Crippen LogP contribution in [0.3, 0.4) is 0 Å². The Hall–Kier alpha value is -2.22. The van der Waals surface area contributed by atoms with Crippen molar-refractivity contribution in [3.8, 4) is 0 Å². The highest BCUT2D eigenvalue weighted by Gasteiger charge is 2.15. The number of nitrogens with one attached hydrogen (secondary N) is 2. The van der Waals surface area contributed by atoms with Gasteiger partial charge in [-0.1, -0.05) is 36.4 Å². The Morgan fingerprint density at radius 3 is 2.23 bits per heavy atom. The van der Waals surface area contributed by atoms with Crippen LogP contribution in [-0.2, 0) is 28.9 Å². The fourth-order valence-electron chi connectivity index (χ4n) is 2.55. The summed E-state index contributed by atoms with van der Waals surface area (Å²) in [7, 11) is -3.43. The number of rotatable bonds is 8. The van der Waals surface area contributed by atoms with Gasteiger partial charge in [-0.3, -0.25) is 4.79 Å². The molecule has 0 aromatic heterocycles. The second kappa shape index (κ2) is 8.93. The van der Waals surface area contributed by atoms with E-state index >= 15 is 0 Å². The van der Waals surface area contributed by atoms with Crippen molar-refractivity contribution in [1.82, 2.24) is 10.0 Å². The highest BCUT2D eigenvalue weighted by molar-refractivity contribution is 7.88. The van der Waals surface area contributed by atoms with Crippen molar-refractivity contribution >= 4 is 15.9 Å². The van der Waals surface area contributed by atoms with Crippen molar-refractivity contribution in [2.45, 2.75) is 38.7 Å². The molecule has 0 aliphatic rings. The molecule has 0 spiro atoms. The summed E-state index contributed by atoms with van der Waals surface area (Å²) < 4.78 is 26.9. The Morgan fingerprint density at radius 2 is 1.65 bits per heavy atom. The SMILES string of the molecule is CC(C)NS(=O)(=O)Cc1ccccc1CNC(=O)c1ccc(CN)cc1. The Bertz CT molecular complexity index is 847. The first kappa shape index (κ1) is 20.1. The summed E-state index contributed by atoms with van der Waals surface area (Å²) in [4.78, 5) is 12.3. The topological polar surface area (TPSA) is 101 Å². The number of sulfonamides is 1. The molecular weight excluding hydrogens is 350 g/mol. The van der Waals surface area contributed by atoms with Crippen LogP contribution < -0.4 is 15.8 Å². The molecule has 2 aromatic rings. The minimum atomic E-state index is -3.43. The number of amides is 1. The molecule has 6 nitrogen and oxygen atoms in total. The number of carbonyl (C=O) groups excluding carboxylic acids is 1. The van der Waals surface area contributed by atoms with Crippen LogP contribution in [0.5, 0.6) is 0 Å². The van der Waals surface area contributed by atoms with Gasteiger partial charge in [0.2, 0.25) is 10.0 Å². The third-order valence-corrected chi connectivity index (χ3v) is 5.29. The van der Waals surface area contributed by atoms with Gasteiger partial charge in [-0.2, -0.15) is 0 Å². The van der Waals surface area contributed by atoms with E-state index in [1.54, 1.807) is 38.1 Å². The van der Waals surface area contributed by atoms with Gasteiger partial charge in [0, 0.05) is 24.7 Å². The summed E-state index contributed by atoms with van der Waals surface area (Å²) >= 11 is 0. The molecule has 2 aromatic carbocycles. The molecule has 0 bridgehead atoms. The number of carbonyl (C=O) groups is 1. The summed E-state index contributed by atoms with van der Waals surface area (Å²) in [5.41, 5.74) is 8.48. The van der Waals surface area contributed by atoms with Gasteiger partial charge in [0.25, 0.3) is 5.91 Å². The van der Waals surface area contributed by atoms with Crippen LogP contribution in [0.4, 0.5) is 0 Å². The van der Waals surface area contributed by atoms with E-state index in [0.29, 0.717) is 17.7 Å². The highest BCUT2D eigenvalue weighted by Crippen LogP contribution is 2.13. The van der Waals surface area contributed by atoms with E-state index in [-0.39, 0.29) is 24.2 Å². The van der Waals surface area contributed by atoms with Gasteiger partial charge in [-0.15, -0.1) is 0 Å². The molecule has 0 unspecified atom stereocenters. The van der Waals surface area contributed by atoms with Crippen LogP contribution in [-0.4, -0.2) is 20.4 Å². The molecule has 7 heteroatoms. The fourth-order valence-corrected chi connectivity index (χ4v) is 4.04. The van der Waals surface area contributed by atoms with E-state index in [1.165, 1.54) is 0 Å². The molecule has 0 saturated heterocycles. The van der Waals surface area contributed by atoms with Crippen molar-refractivity contribution in [2.24, 2.45) is 5.73 Å². The zero-order chi connectivity index (χ0) is 19.2. The predicted octanol–water partition coefficient (Wildman–Crippen LogP) is 1.90. The van der Waals surface area contributed by atoms with Crippen LogP contribution >= 0.6 is 0 Å². The maximum atomic E-state index is 12.3. The molecular formula is C19H25N3O3S. The summed E-state index contributed by atoms with van der Waals surface area (Å²) in [5, 5.41) is 2.83. The quantitative estimate of drug-likeness (QED) is 0.656. The smallest absolute Gasteiger partial charge is 0.251 e. The molecule has 0 radical (unpaired) electrons. The average molecular weight is 375 g/mol. The van der Waals surface area contributed by atoms with E-state index < -0.39 is 10.0 Å². The van der Waals surface area contributed by atoms with Gasteiger partial charge in [-0.25, -0.2) is 13.1 Å². The van der Waals surface area contributed by atoms with Crippen molar-refractivity contribution in [1.29, 1.82) is 0 Å². The van der Waals surface area contributed by atoms with E-state index in [9.17, 15) is 13.2 Å². The lowest BCUT2D eigenvalue weighted by Crippen LogP contribution is -2.31. The second-order valence-electron chi connectivity index (χ2n) is 6.38. The van der Waals surface area contributed by atoms with E-state index in [4.69, 9.17) is 5.73 Å². The lowest BCUT2D eigenvalue weighted by Gasteiger charge is -2.13. The Balaban J connectivity index is 2.06. The van der Waals surface area contributed by atoms with Gasteiger partial charge < -0.3 is 11.1 Å². The monoisotopic (exact) mass is 375 g/mol. The third-order valence-electron chi connectivity index (χ3n) is 3.77. The van der Waals surface area contributed by atoms with Crippen LogP contribution in [0.2, 0.25) is 0 Å².